The van der Waals surface area contributed by atoms with Gasteiger partial charge in [0.2, 0.25) is 0 Å². The fourth-order valence-electron chi connectivity index (χ4n) is 3.05. The zero-order valence-electron chi connectivity index (χ0n) is 18.7. The van der Waals surface area contributed by atoms with E-state index in [2.05, 4.69) is 27.9 Å². The number of methoxy groups -OCH3 is 1. The fraction of sp³-hybridized carbons (Fsp3) is 0.120. The van der Waals surface area contributed by atoms with E-state index in [4.69, 9.17) is 21.1 Å². The van der Waals surface area contributed by atoms with E-state index < -0.39 is 10.8 Å². The fourth-order valence-corrected chi connectivity index (χ4v) is 4.01. The number of ether oxygens (including phenoxy) is 2. The Kier molecular flexibility index (Phi) is 8.68. The van der Waals surface area contributed by atoms with E-state index in [9.17, 15) is 20.2 Å². The maximum absolute atomic E-state index is 12.6. The Bertz CT molecular complexity index is 1350. The van der Waals surface area contributed by atoms with Crippen molar-refractivity contribution in [2.24, 2.45) is 0 Å². The van der Waals surface area contributed by atoms with Gasteiger partial charge in [0.15, 0.2) is 11.5 Å². The zero-order chi connectivity index (χ0) is 25.5. The lowest BCUT2D eigenvalue weighted by Crippen LogP contribution is -2.13. The number of rotatable bonds is 8. The molecular formula is C25H19ClIN3O5. The molecule has 0 fully saturated rings. The highest BCUT2D eigenvalue weighted by molar-refractivity contribution is 14.1. The van der Waals surface area contributed by atoms with Gasteiger partial charge in [-0.1, -0.05) is 41.4 Å². The van der Waals surface area contributed by atoms with Crippen molar-refractivity contribution < 1.29 is 19.2 Å². The molecular weight excluding hydrogens is 585 g/mol. The van der Waals surface area contributed by atoms with E-state index in [1.54, 1.807) is 12.1 Å². The highest BCUT2D eigenvalue weighted by Gasteiger charge is 2.17. The number of amides is 1. The Hall–Kier alpha value is -3.62. The Labute approximate surface area is 220 Å². The van der Waals surface area contributed by atoms with Gasteiger partial charge in [0.05, 0.1) is 15.6 Å². The first-order valence-corrected chi connectivity index (χ1v) is 11.6. The maximum atomic E-state index is 12.6. The second-order valence-electron chi connectivity index (χ2n) is 7.36. The molecule has 0 heterocycles. The molecule has 0 spiro atoms. The van der Waals surface area contributed by atoms with Crippen molar-refractivity contribution in [3.63, 3.8) is 0 Å². The lowest BCUT2D eigenvalue weighted by atomic mass is 10.1. The van der Waals surface area contributed by atoms with Gasteiger partial charge in [-0.05, 0) is 71.0 Å². The summed E-state index contributed by atoms with van der Waals surface area (Å²) in [4.78, 5) is 23.1. The minimum absolute atomic E-state index is 0.0598. The van der Waals surface area contributed by atoms with E-state index in [1.165, 1.54) is 25.3 Å². The number of halogens is 2. The highest BCUT2D eigenvalue weighted by atomic mass is 127. The summed E-state index contributed by atoms with van der Waals surface area (Å²) >= 11 is 7.90. The van der Waals surface area contributed by atoms with Crippen molar-refractivity contribution in [3.8, 4) is 17.6 Å². The van der Waals surface area contributed by atoms with Crippen molar-refractivity contribution in [2.45, 2.75) is 13.5 Å². The van der Waals surface area contributed by atoms with E-state index >= 15 is 0 Å². The molecule has 0 radical (unpaired) electrons. The average Bonchev–Trinajstić information content (AvgIpc) is 2.83. The van der Waals surface area contributed by atoms with Crippen LogP contribution < -0.4 is 14.8 Å². The molecule has 0 aliphatic heterocycles. The van der Waals surface area contributed by atoms with Crippen LogP contribution in [0.3, 0.4) is 0 Å². The number of carbonyl (C=O) groups is 1. The molecule has 35 heavy (non-hydrogen) atoms. The summed E-state index contributed by atoms with van der Waals surface area (Å²) in [6.07, 6.45) is 1.40. The molecule has 1 N–H and O–H groups in total. The summed E-state index contributed by atoms with van der Waals surface area (Å²) in [5.74, 6) is 0.265. The summed E-state index contributed by atoms with van der Waals surface area (Å²) in [5, 5.41) is 23.0. The molecule has 0 saturated heterocycles. The lowest BCUT2D eigenvalue weighted by molar-refractivity contribution is -0.384. The van der Waals surface area contributed by atoms with Crippen molar-refractivity contribution in [1.82, 2.24) is 0 Å². The Morgan fingerprint density at radius 2 is 1.94 bits per heavy atom. The maximum Gasteiger partial charge on any atom is 0.289 e. The van der Waals surface area contributed by atoms with Crippen LogP contribution >= 0.6 is 34.2 Å². The van der Waals surface area contributed by atoms with E-state index in [0.29, 0.717) is 23.7 Å². The molecule has 0 unspecified atom stereocenters. The van der Waals surface area contributed by atoms with Crippen molar-refractivity contribution >= 4 is 57.5 Å². The second-order valence-corrected chi connectivity index (χ2v) is 8.93. The summed E-state index contributed by atoms with van der Waals surface area (Å²) in [6, 6.07) is 17.1. The third-order valence-corrected chi connectivity index (χ3v) is 5.95. The first-order chi connectivity index (χ1) is 16.7. The van der Waals surface area contributed by atoms with Gasteiger partial charge in [0, 0.05) is 11.8 Å². The number of nitriles is 1. The van der Waals surface area contributed by atoms with Crippen molar-refractivity contribution in [2.75, 3.05) is 12.4 Å². The molecule has 0 bridgehead atoms. The molecule has 0 aliphatic rings. The molecule has 10 heteroatoms. The van der Waals surface area contributed by atoms with E-state index in [-0.39, 0.29) is 22.0 Å². The molecule has 178 valence electrons. The van der Waals surface area contributed by atoms with Gasteiger partial charge < -0.3 is 14.8 Å². The molecule has 0 atom stereocenters. The standard InChI is InChI=1S/C25H19ClIN3O5/c1-15-3-5-16(6-4-15)14-35-24-21(27)10-17(11-23(24)34-2)9-18(13-28)25(31)29-19-7-8-20(26)22(12-19)30(32)33/h3-12H,14H2,1-2H3,(H,29,31)/b18-9+. The van der Waals surface area contributed by atoms with Gasteiger partial charge in [-0.2, -0.15) is 5.26 Å². The number of benzene rings is 3. The van der Waals surface area contributed by atoms with Crippen LogP contribution in [0.1, 0.15) is 16.7 Å². The summed E-state index contributed by atoms with van der Waals surface area (Å²) in [6.45, 7) is 2.36. The van der Waals surface area contributed by atoms with Crippen LogP contribution in [0.25, 0.3) is 6.08 Å². The van der Waals surface area contributed by atoms with E-state index in [0.717, 1.165) is 20.8 Å². The quantitative estimate of drug-likeness (QED) is 0.106. The predicted octanol–water partition coefficient (Wildman–Crippen LogP) is 6.29. The molecule has 3 aromatic rings. The topological polar surface area (TPSA) is 114 Å². The molecule has 3 rings (SSSR count). The minimum Gasteiger partial charge on any atom is -0.493 e. The van der Waals surface area contributed by atoms with Crippen molar-refractivity contribution in [1.29, 1.82) is 5.26 Å². The number of nitro groups is 1. The van der Waals surface area contributed by atoms with Gasteiger partial charge >= 0.3 is 0 Å². The van der Waals surface area contributed by atoms with Gasteiger partial charge in [0.25, 0.3) is 11.6 Å². The van der Waals surface area contributed by atoms with Crippen LogP contribution in [0, 0.1) is 31.9 Å². The SMILES string of the molecule is COc1cc(/C=C(\C#N)C(=O)Nc2ccc(Cl)c([N+](=O)[O-])c2)cc(I)c1OCc1ccc(C)cc1. The lowest BCUT2D eigenvalue weighted by Gasteiger charge is -2.14. The smallest absolute Gasteiger partial charge is 0.289 e. The third kappa shape index (κ3) is 6.71. The molecule has 0 aromatic heterocycles. The van der Waals surface area contributed by atoms with Crippen LogP contribution in [0.5, 0.6) is 11.5 Å². The number of carbonyl (C=O) groups excluding carboxylic acids is 1. The molecule has 0 saturated carbocycles. The van der Waals surface area contributed by atoms with Gasteiger partial charge in [-0.3, -0.25) is 14.9 Å². The van der Waals surface area contributed by atoms with Gasteiger partial charge in [0.1, 0.15) is 23.3 Å². The summed E-state index contributed by atoms with van der Waals surface area (Å²) < 4.78 is 12.2. The number of aryl methyl sites for hydroxylation is 1. The van der Waals surface area contributed by atoms with Gasteiger partial charge in [-0.15, -0.1) is 0 Å². The Morgan fingerprint density at radius 1 is 1.23 bits per heavy atom. The molecule has 0 aliphatic carbocycles. The third-order valence-electron chi connectivity index (χ3n) is 4.83. The Morgan fingerprint density at radius 3 is 2.57 bits per heavy atom. The normalized spacial score (nSPS) is 10.9. The van der Waals surface area contributed by atoms with Crippen LogP contribution in [-0.4, -0.2) is 17.9 Å². The molecule has 1 amide bonds. The number of hydrogen-bond donors (Lipinski definition) is 1. The molecule has 3 aromatic carbocycles. The van der Waals surface area contributed by atoms with Crippen LogP contribution in [0.4, 0.5) is 11.4 Å². The molecule has 8 nitrogen and oxygen atoms in total. The zero-order valence-corrected chi connectivity index (χ0v) is 21.6. The van der Waals surface area contributed by atoms with Crippen molar-refractivity contribution in [3.05, 3.63) is 95.6 Å². The van der Waals surface area contributed by atoms with Crippen LogP contribution in [-0.2, 0) is 11.4 Å². The number of hydrogen-bond acceptors (Lipinski definition) is 6. The monoisotopic (exact) mass is 603 g/mol. The first kappa shape index (κ1) is 26.0. The average molecular weight is 604 g/mol. The second kappa shape index (κ2) is 11.7. The van der Waals surface area contributed by atoms with Gasteiger partial charge in [-0.25, -0.2) is 0 Å². The van der Waals surface area contributed by atoms with E-state index in [1.807, 2.05) is 37.3 Å². The van der Waals surface area contributed by atoms with Crippen LogP contribution in [0.15, 0.2) is 60.2 Å². The largest absolute Gasteiger partial charge is 0.493 e. The van der Waals surface area contributed by atoms with Crippen LogP contribution in [0.2, 0.25) is 5.02 Å². The predicted molar refractivity (Wildman–Crippen MR) is 142 cm³/mol. The summed E-state index contributed by atoms with van der Waals surface area (Å²) in [7, 11) is 1.50. The number of nitro benzene ring substituents is 1. The Balaban J connectivity index is 1.82. The highest BCUT2D eigenvalue weighted by Crippen LogP contribution is 2.35. The number of nitrogens with one attached hydrogen (secondary N) is 1. The number of nitrogens with zero attached hydrogens (tertiary/aromatic N) is 2. The number of anilines is 1. The first-order valence-electron chi connectivity index (χ1n) is 10.1. The minimum atomic E-state index is -0.724. The summed E-state index contributed by atoms with van der Waals surface area (Å²) in [5.41, 5.74) is 2.29.